The number of aliphatic carboxylic acids is 1. The van der Waals surface area contributed by atoms with Crippen LogP contribution in [0.1, 0.15) is 19.4 Å². The molecule has 1 fully saturated rings. The lowest BCUT2D eigenvalue weighted by Gasteiger charge is -2.36. The largest absolute Gasteiger partial charge is 0.508 e. The van der Waals surface area contributed by atoms with E-state index in [1.54, 1.807) is 23.9 Å². The third-order valence-electron chi connectivity index (χ3n) is 6.28. The van der Waals surface area contributed by atoms with Crippen molar-refractivity contribution in [1.29, 1.82) is 0 Å². The molecule has 0 radical (unpaired) electrons. The van der Waals surface area contributed by atoms with Crippen molar-refractivity contribution in [2.75, 3.05) is 52.5 Å². The Morgan fingerprint density at radius 3 is 2.63 bits per heavy atom. The Hall–Kier alpha value is -2.59. The van der Waals surface area contributed by atoms with E-state index >= 15 is 0 Å². The molecule has 2 heterocycles. The van der Waals surface area contributed by atoms with E-state index in [1.807, 2.05) is 32.0 Å². The van der Waals surface area contributed by atoms with Gasteiger partial charge >= 0.3 is 5.97 Å². The maximum absolute atomic E-state index is 11.2. The van der Waals surface area contributed by atoms with E-state index in [1.165, 1.54) is 0 Å². The fourth-order valence-electron chi connectivity index (χ4n) is 4.32. The number of aromatic hydroxyl groups is 1. The highest BCUT2D eigenvalue weighted by Crippen LogP contribution is 2.42. The minimum Gasteiger partial charge on any atom is -0.508 e. The van der Waals surface area contributed by atoms with Crippen LogP contribution < -0.4 is 5.32 Å². The van der Waals surface area contributed by atoms with Crippen molar-refractivity contribution in [2.24, 2.45) is 10.9 Å². The number of rotatable bonds is 9. The first kappa shape index (κ1) is 25.5. The summed E-state index contributed by atoms with van der Waals surface area (Å²) in [5.41, 5.74) is 2.00. The maximum atomic E-state index is 11.2. The summed E-state index contributed by atoms with van der Waals surface area (Å²) in [5.74, 6) is 0.449. The van der Waals surface area contributed by atoms with Crippen LogP contribution in [0.5, 0.6) is 5.75 Å². The van der Waals surface area contributed by atoms with Crippen LogP contribution in [0.15, 0.2) is 57.2 Å². The molecule has 2 aromatic carbocycles. The molecule has 3 N–H and O–H groups in total. The molecule has 0 aromatic heterocycles. The van der Waals surface area contributed by atoms with Gasteiger partial charge in [-0.15, -0.1) is 0 Å². The fraction of sp³-hybridized carbons (Fsp3) is 0.462. The van der Waals surface area contributed by atoms with E-state index < -0.39 is 12.0 Å². The second kappa shape index (κ2) is 11.9. The molecule has 1 atom stereocenters. The number of hydrogen-bond acceptors (Lipinski definition) is 8. The van der Waals surface area contributed by atoms with Crippen molar-refractivity contribution in [3.05, 3.63) is 48.0 Å². The molecule has 0 aliphatic carbocycles. The maximum Gasteiger partial charge on any atom is 0.320 e. The Kier molecular flexibility index (Phi) is 8.67. The highest BCUT2D eigenvalue weighted by Gasteiger charge is 2.25. The van der Waals surface area contributed by atoms with Crippen molar-refractivity contribution in [3.8, 4) is 5.75 Å². The topological polar surface area (TPSA) is 97.6 Å². The summed E-state index contributed by atoms with van der Waals surface area (Å²) in [7, 11) is 0. The molecule has 4 rings (SSSR count). The van der Waals surface area contributed by atoms with Crippen molar-refractivity contribution >= 4 is 29.3 Å². The van der Waals surface area contributed by atoms with Crippen LogP contribution >= 0.6 is 11.8 Å². The molecule has 0 bridgehead atoms. The molecule has 35 heavy (non-hydrogen) atoms. The van der Waals surface area contributed by atoms with Crippen molar-refractivity contribution in [1.82, 2.24) is 15.1 Å². The first-order valence-electron chi connectivity index (χ1n) is 12.1. The molecular formula is C26H34N4O4S. The van der Waals surface area contributed by atoms with Gasteiger partial charge in [0.2, 0.25) is 0 Å². The lowest BCUT2D eigenvalue weighted by Crippen LogP contribution is -2.49. The van der Waals surface area contributed by atoms with Crippen LogP contribution in [0.3, 0.4) is 0 Å². The number of carboxylic acids is 1. The number of nitrogens with one attached hydrogen (secondary N) is 1. The standard InChI is InChI=1S/C26H34N4O4S/c1-18(2)24(26(32)33)27-9-15-34-16-14-29-10-12-30(13-11-29)25-20-5-3-4-6-22(20)35-23-17-19(31)7-8-21(23)28-25/h3-8,17-18,24,27,31H,9-16H2,1-2H3,(H,32,33)/t24-/m0/s1. The normalized spacial score (nSPS) is 16.9. The third kappa shape index (κ3) is 6.55. The number of nitrogens with zero attached hydrogens (tertiary/aromatic N) is 3. The smallest absolute Gasteiger partial charge is 0.320 e. The predicted molar refractivity (Wildman–Crippen MR) is 138 cm³/mol. The summed E-state index contributed by atoms with van der Waals surface area (Å²) in [5, 5.41) is 22.2. The van der Waals surface area contributed by atoms with Crippen LogP contribution in [0.4, 0.5) is 5.69 Å². The van der Waals surface area contributed by atoms with Crippen LogP contribution in [0, 0.1) is 5.92 Å². The van der Waals surface area contributed by atoms with Gasteiger partial charge < -0.3 is 25.2 Å². The van der Waals surface area contributed by atoms with Crippen LogP contribution in [0.2, 0.25) is 0 Å². The van der Waals surface area contributed by atoms with E-state index in [0.717, 1.165) is 59.6 Å². The molecule has 188 valence electrons. The fourth-order valence-corrected chi connectivity index (χ4v) is 5.38. The van der Waals surface area contributed by atoms with Gasteiger partial charge in [-0.2, -0.15) is 0 Å². The second-order valence-electron chi connectivity index (χ2n) is 9.14. The van der Waals surface area contributed by atoms with Gasteiger partial charge in [-0.1, -0.05) is 43.8 Å². The monoisotopic (exact) mass is 498 g/mol. The number of amidine groups is 1. The van der Waals surface area contributed by atoms with Gasteiger partial charge in [0, 0.05) is 54.6 Å². The Bertz CT molecular complexity index is 1050. The van der Waals surface area contributed by atoms with E-state index in [0.29, 0.717) is 19.8 Å². The Morgan fingerprint density at radius 1 is 1.11 bits per heavy atom. The lowest BCUT2D eigenvalue weighted by molar-refractivity contribution is -0.140. The molecule has 2 aromatic rings. The molecule has 0 unspecified atom stereocenters. The average molecular weight is 499 g/mol. The molecule has 1 saturated heterocycles. The van der Waals surface area contributed by atoms with Gasteiger partial charge in [0.1, 0.15) is 17.6 Å². The molecule has 8 nitrogen and oxygen atoms in total. The first-order chi connectivity index (χ1) is 16.9. The van der Waals surface area contributed by atoms with Gasteiger partial charge in [-0.3, -0.25) is 9.69 Å². The van der Waals surface area contributed by atoms with E-state index in [-0.39, 0.29) is 11.7 Å². The molecule has 2 aliphatic heterocycles. The highest BCUT2D eigenvalue weighted by molar-refractivity contribution is 7.99. The number of phenolic OH excluding ortho intramolecular Hbond substituents is 1. The number of carbonyl (C=O) groups is 1. The van der Waals surface area contributed by atoms with Crippen molar-refractivity contribution in [2.45, 2.75) is 29.7 Å². The Morgan fingerprint density at radius 2 is 1.89 bits per heavy atom. The zero-order chi connectivity index (χ0) is 24.8. The third-order valence-corrected chi connectivity index (χ3v) is 7.41. The summed E-state index contributed by atoms with van der Waals surface area (Å²) in [6.45, 7) is 9.89. The summed E-state index contributed by atoms with van der Waals surface area (Å²) >= 11 is 1.64. The quantitative estimate of drug-likeness (QED) is 0.453. The van der Waals surface area contributed by atoms with Crippen LogP contribution in [0.25, 0.3) is 0 Å². The Labute approximate surface area is 211 Å². The SMILES string of the molecule is CC(C)[C@H](NCCOCCN1CCN(C2=Nc3ccc(O)cc3Sc3ccccc32)CC1)C(=O)O. The van der Waals surface area contributed by atoms with Crippen LogP contribution in [-0.2, 0) is 9.53 Å². The van der Waals surface area contributed by atoms with Gasteiger partial charge in [0.05, 0.1) is 18.9 Å². The van der Waals surface area contributed by atoms with E-state index in [2.05, 4.69) is 27.2 Å². The molecule has 0 spiro atoms. The number of phenols is 1. The number of benzene rings is 2. The lowest BCUT2D eigenvalue weighted by atomic mass is 10.1. The molecule has 9 heteroatoms. The minimum absolute atomic E-state index is 0.0352. The summed E-state index contributed by atoms with van der Waals surface area (Å²) < 4.78 is 5.74. The van der Waals surface area contributed by atoms with Gasteiger partial charge in [-0.05, 0) is 30.2 Å². The van der Waals surface area contributed by atoms with E-state index in [9.17, 15) is 15.0 Å². The first-order valence-corrected chi connectivity index (χ1v) is 12.9. The van der Waals surface area contributed by atoms with Gasteiger partial charge in [0.15, 0.2) is 0 Å². The number of hydrogen-bond donors (Lipinski definition) is 3. The minimum atomic E-state index is -0.820. The van der Waals surface area contributed by atoms with Crippen molar-refractivity contribution in [3.63, 3.8) is 0 Å². The Balaban J connectivity index is 1.28. The summed E-state index contributed by atoms with van der Waals surface area (Å²) in [4.78, 5) is 23.1. The summed E-state index contributed by atoms with van der Waals surface area (Å²) in [6.07, 6.45) is 0. The molecule has 2 aliphatic rings. The zero-order valence-corrected chi connectivity index (χ0v) is 21.1. The number of fused-ring (bicyclic) bond motifs is 2. The number of ether oxygens (including phenoxy) is 1. The predicted octanol–water partition coefficient (Wildman–Crippen LogP) is 3.27. The number of piperazine rings is 1. The van der Waals surface area contributed by atoms with Crippen molar-refractivity contribution < 1.29 is 19.7 Å². The second-order valence-corrected chi connectivity index (χ2v) is 10.2. The summed E-state index contributed by atoms with van der Waals surface area (Å²) in [6, 6.07) is 13.1. The average Bonchev–Trinajstić information content (AvgIpc) is 2.99. The van der Waals surface area contributed by atoms with E-state index in [4.69, 9.17) is 9.73 Å². The highest BCUT2D eigenvalue weighted by atomic mass is 32.2. The van der Waals surface area contributed by atoms with Gasteiger partial charge in [0.25, 0.3) is 0 Å². The molecule has 0 saturated carbocycles. The van der Waals surface area contributed by atoms with Gasteiger partial charge in [-0.25, -0.2) is 4.99 Å². The van der Waals surface area contributed by atoms with Crippen LogP contribution in [-0.4, -0.2) is 90.3 Å². The number of carboxylic acid groups (broad SMARTS) is 1. The zero-order valence-electron chi connectivity index (χ0n) is 20.3. The number of aliphatic imine (C=N–C) groups is 1. The molecular weight excluding hydrogens is 464 g/mol. The molecule has 0 amide bonds.